The molecule has 90 valence electrons. The molecule has 0 radical (unpaired) electrons. The molecule has 0 bridgehead atoms. The fraction of sp³-hybridized carbons (Fsp3) is 0.385. The van der Waals surface area contributed by atoms with Crippen LogP contribution in [0.1, 0.15) is 22.8 Å². The van der Waals surface area contributed by atoms with Crippen molar-refractivity contribution < 1.29 is 0 Å². The van der Waals surface area contributed by atoms with Crippen LogP contribution < -0.4 is 5.32 Å². The summed E-state index contributed by atoms with van der Waals surface area (Å²) in [7, 11) is 1.98. The number of rotatable bonds is 3. The lowest BCUT2D eigenvalue weighted by Gasteiger charge is -2.08. The summed E-state index contributed by atoms with van der Waals surface area (Å²) in [5.74, 6) is 1.88. The first-order valence-electron chi connectivity index (χ1n) is 5.73. The normalized spacial score (nSPS) is 10.6. The average Bonchev–Trinajstić information content (AvgIpc) is 2.56. The van der Waals surface area contributed by atoms with Crippen LogP contribution in [-0.2, 0) is 13.6 Å². The quantitative estimate of drug-likeness (QED) is 0.880. The minimum atomic E-state index is 0.695. The first kappa shape index (κ1) is 11.6. The maximum atomic E-state index is 4.13. The van der Waals surface area contributed by atoms with Crippen LogP contribution in [0.3, 0.4) is 0 Å². The topological polar surface area (TPSA) is 42.7 Å². The van der Waals surface area contributed by atoms with Gasteiger partial charge in [0.05, 0.1) is 6.54 Å². The molecule has 0 spiro atoms. The van der Waals surface area contributed by atoms with E-state index in [2.05, 4.69) is 47.6 Å². The van der Waals surface area contributed by atoms with Crippen LogP contribution in [0.2, 0.25) is 0 Å². The van der Waals surface area contributed by atoms with Crippen LogP contribution in [0.25, 0.3) is 0 Å². The molecule has 1 aromatic heterocycles. The van der Waals surface area contributed by atoms with Crippen molar-refractivity contribution in [2.45, 2.75) is 27.3 Å². The smallest absolute Gasteiger partial charge is 0.152 e. The molecule has 0 amide bonds. The Balaban J connectivity index is 2.09. The molecule has 0 unspecified atom stereocenters. The van der Waals surface area contributed by atoms with Gasteiger partial charge in [-0.3, -0.25) is 0 Å². The highest BCUT2D eigenvalue weighted by Crippen LogP contribution is 2.14. The van der Waals surface area contributed by atoms with Crippen molar-refractivity contribution >= 4 is 5.69 Å². The van der Waals surface area contributed by atoms with Gasteiger partial charge in [-0.05, 0) is 44.0 Å². The van der Waals surface area contributed by atoms with E-state index in [0.717, 1.165) is 17.3 Å². The van der Waals surface area contributed by atoms with Crippen molar-refractivity contribution in [3.05, 3.63) is 41.0 Å². The Bertz CT molecular complexity index is 508. The van der Waals surface area contributed by atoms with E-state index in [-0.39, 0.29) is 0 Å². The fourth-order valence-corrected chi connectivity index (χ4v) is 1.86. The average molecular weight is 230 g/mol. The molecule has 4 nitrogen and oxygen atoms in total. The van der Waals surface area contributed by atoms with E-state index in [1.165, 1.54) is 11.1 Å². The van der Waals surface area contributed by atoms with Crippen molar-refractivity contribution in [2.24, 2.45) is 7.05 Å². The number of anilines is 1. The lowest BCUT2D eigenvalue weighted by atomic mass is 10.1. The fourth-order valence-electron chi connectivity index (χ4n) is 1.86. The largest absolute Gasteiger partial charge is 0.378 e. The van der Waals surface area contributed by atoms with Crippen molar-refractivity contribution in [3.8, 4) is 0 Å². The number of aromatic nitrogens is 3. The third kappa shape index (κ3) is 2.64. The lowest BCUT2D eigenvalue weighted by Crippen LogP contribution is -2.06. The van der Waals surface area contributed by atoms with Gasteiger partial charge in [0.15, 0.2) is 5.82 Å². The van der Waals surface area contributed by atoms with Gasteiger partial charge >= 0.3 is 0 Å². The Labute approximate surface area is 102 Å². The number of aryl methyl sites for hydroxylation is 3. The van der Waals surface area contributed by atoms with E-state index in [1.54, 1.807) is 0 Å². The molecule has 0 aliphatic heterocycles. The summed E-state index contributed by atoms with van der Waals surface area (Å²) in [4.78, 5) is 0. The molecular formula is C13H18N4. The molecule has 17 heavy (non-hydrogen) atoms. The van der Waals surface area contributed by atoms with E-state index in [9.17, 15) is 0 Å². The second-order valence-electron chi connectivity index (χ2n) is 4.45. The van der Waals surface area contributed by atoms with E-state index in [4.69, 9.17) is 0 Å². The minimum Gasteiger partial charge on any atom is -0.378 e. The summed E-state index contributed by atoms with van der Waals surface area (Å²) in [6.45, 7) is 6.85. The van der Waals surface area contributed by atoms with Gasteiger partial charge in [-0.1, -0.05) is 6.07 Å². The summed E-state index contributed by atoms with van der Waals surface area (Å²) in [6.07, 6.45) is 0. The van der Waals surface area contributed by atoms with Crippen LogP contribution in [0, 0.1) is 20.8 Å². The number of benzene rings is 1. The van der Waals surface area contributed by atoms with Crippen molar-refractivity contribution in [2.75, 3.05) is 5.32 Å². The molecule has 0 atom stereocenters. The van der Waals surface area contributed by atoms with Gasteiger partial charge in [0.25, 0.3) is 0 Å². The standard InChI is InChI=1S/C13H18N4/c1-9-5-10(2)7-12(6-9)14-8-13-16-15-11(3)17(13)4/h5-7,14H,8H2,1-4H3. The Kier molecular flexibility index (Phi) is 3.13. The third-order valence-corrected chi connectivity index (χ3v) is 2.86. The lowest BCUT2D eigenvalue weighted by molar-refractivity contribution is 0.789. The maximum absolute atomic E-state index is 4.13. The van der Waals surface area contributed by atoms with Crippen LogP contribution >= 0.6 is 0 Å². The van der Waals surface area contributed by atoms with Gasteiger partial charge in [0, 0.05) is 12.7 Å². The van der Waals surface area contributed by atoms with Crippen LogP contribution in [0.15, 0.2) is 18.2 Å². The molecular weight excluding hydrogens is 212 g/mol. The minimum absolute atomic E-state index is 0.695. The second-order valence-corrected chi connectivity index (χ2v) is 4.45. The Morgan fingerprint density at radius 1 is 1.06 bits per heavy atom. The van der Waals surface area contributed by atoms with Crippen LogP contribution in [0.4, 0.5) is 5.69 Å². The highest BCUT2D eigenvalue weighted by Gasteiger charge is 2.04. The molecule has 2 rings (SSSR count). The predicted molar refractivity (Wildman–Crippen MR) is 69.0 cm³/mol. The Morgan fingerprint density at radius 2 is 1.71 bits per heavy atom. The highest BCUT2D eigenvalue weighted by molar-refractivity contribution is 5.48. The van der Waals surface area contributed by atoms with Crippen LogP contribution in [0.5, 0.6) is 0 Å². The van der Waals surface area contributed by atoms with E-state index >= 15 is 0 Å². The molecule has 0 saturated heterocycles. The first-order valence-corrected chi connectivity index (χ1v) is 5.73. The molecule has 1 aromatic carbocycles. The van der Waals surface area contributed by atoms with Gasteiger partial charge in [0.1, 0.15) is 5.82 Å². The number of nitrogens with zero attached hydrogens (tertiary/aromatic N) is 3. The number of nitrogens with one attached hydrogen (secondary N) is 1. The summed E-state index contributed by atoms with van der Waals surface area (Å²) in [6, 6.07) is 6.43. The second kappa shape index (κ2) is 4.57. The van der Waals surface area contributed by atoms with Gasteiger partial charge in [-0.25, -0.2) is 0 Å². The van der Waals surface area contributed by atoms with Crippen LogP contribution in [-0.4, -0.2) is 14.8 Å². The zero-order valence-corrected chi connectivity index (χ0v) is 10.8. The van der Waals surface area contributed by atoms with Crippen molar-refractivity contribution in [1.29, 1.82) is 0 Å². The summed E-state index contributed by atoms with van der Waals surface area (Å²) in [5.41, 5.74) is 3.66. The van der Waals surface area contributed by atoms with Crippen molar-refractivity contribution in [3.63, 3.8) is 0 Å². The van der Waals surface area contributed by atoms with E-state index in [1.807, 2.05) is 18.5 Å². The van der Waals surface area contributed by atoms with Gasteiger partial charge < -0.3 is 9.88 Å². The first-order chi connectivity index (χ1) is 8.06. The number of hydrogen-bond acceptors (Lipinski definition) is 3. The molecule has 0 fully saturated rings. The molecule has 0 aliphatic carbocycles. The van der Waals surface area contributed by atoms with Gasteiger partial charge in [0.2, 0.25) is 0 Å². The van der Waals surface area contributed by atoms with E-state index < -0.39 is 0 Å². The molecule has 1 heterocycles. The molecule has 0 aliphatic rings. The van der Waals surface area contributed by atoms with Gasteiger partial charge in [-0.15, -0.1) is 10.2 Å². The summed E-state index contributed by atoms with van der Waals surface area (Å²) < 4.78 is 2.00. The molecule has 2 aromatic rings. The molecule has 0 saturated carbocycles. The zero-order valence-electron chi connectivity index (χ0n) is 10.8. The SMILES string of the molecule is Cc1cc(C)cc(NCc2nnc(C)n2C)c1. The Morgan fingerprint density at radius 3 is 2.24 bits per heavy atom. The van der Waals surface area contributed by atoms with Gasteiger partial charge in [-0.2, -0.15) is 0 Å². The highest BCUT2D eigenvalue weighted by atomic mass is 15.3. The Hall–Kier alpha value is -1.84. The monoisotopic (exact) mass is 230 g/mol. The number of hydrogen-bond donors (Lipinski definition) is 1. The zero-order chi connectivity index (χ0) is 12.4. The predicted octanol–water partition coefficient (Wildman–Crippen LogP) is 2.35. The summed E-state index contributed by atoms with van der Waals surface area (Å²) in [5, 5.41) is 11.5. The van der Waals surface area contributed by atoms with Crippen molar-refractivity contribution in [1.82, 2.24) is 14.8 Å². The molecule has 4 heteroatoms. The van der Waals surface area contributed by atoms with E-state index in [0.29, 0.717) is 6.54 Å². The molecule has 1 N–H and O–H groups in total. The summed E-state index contributed by atoms with van der Waals surface area (Å²) >= 11 is 0. The maximum Gasteiger partial charge on any atom is 0.152 e. The third-order valence-electron chi connectivity index (χ3n) is 2.86.